The molecule has 2 heterocycles. The van der Waals surface area contributed by atoms with Crippen LogP contribution in [0.15, 0.2) is 47.4 Å². The van der Waals surface area contributed by atoms with E-state index in [1.165, 1.54) is 37.8 Å². The molecule has 2 aliphatic rings. The Morgan fingerprint density at radius 3 is 2.18 bits per heavy atom. The molecule has 2 aromatic carbocycles. The van der Waals surface area contributed by atoms with Crippen LogP contribution in [-0.2, 0) is 25.3 Å². The lowest BCUT2D eigenvalue weighted by Gasteiger charge is -2.53. The van der Waals surface area contributed by atoms with Crippen molar-refractivity contribution in [3.63, 3.8) is 0 Å². The Balaban J connectivity index is 1.75. The molecule has 0 spiro atoms. The van der Waals surface area contributed by atoms with Gasteiger partial charge in [0.25, 0.3) is 0 Å². The number of fused-ring (bicyclic) bond motifs is 1. The third kappa shape index (κ3) is 3.79. The van der Waals surface area contributed by atoms with Gasteiger partial charge in [-0.1, -0.05) is 13.0 Å². The maximum atomic E-state index is 13.7. The Bertz CT molecular complexity index is 1080. The monoisotopic (exact) mass is 479 g/mol. The predicted molar refractivity (Wildman–Crippen MR) is 122 cm³/mol. The summed E-state index contributed by atoms with van der Waals surface area (Å²) in [6.07, 6.45) is -0.735. The quantitative estimate of drug-likeness (QED) is 0.590. The van der Waals surface area contributed by atoms with E-state index in [9.17, 15) is 12.8 Å². The Labute approximate surface area is 194 Å². The number of rotatable bonds is 6. The molecule has 4 rings (SSSR count). The summed E-state index contributed by atoms with van der Waals surface area (Å²) in [5.74, 6) is -1.27. The van der Waals surface area contributed by atoms with Crippen LogP contribution in [0.2, 0.25) is 0 Å². The summed E-state index contributed by atoms with van der Waals surface area (Å²) >= 11 is 0. The van der Waals surface area contributed by atoms with Crippen LogP contribution >= 0.6 is 0 Å². The SMILES string of the molecule is CCN1C(N2CCN(c3ccc(F)cc3)CC2)C(OC)(OC)c2c(OC)cccc2S1(=O)=O. The minimum absolute atomic E-state index is 0.119. The van der Waals surface area contributed by atoms with E-state index >= 15 is 0 Å². The molecule has 10 heteroatoms. The van der Waals surface area contributed by atoms with Gasteiger partial charge in [0, 0.05) is 52.6 Å². The topological polar surface area (TPSA) is 71.6 Å². The number of benzene rings is 2. The van der Waals surface area contributed by atoms with E-state index in [1.54, 1.807) is 37.3 Å². The Hall–Kier alpha value is -2.24. The van der Waals surface area contributed by atoms with Crippen molar-refractivity contribution in [2.45, 2.75) is 23.8 Å². The number of sulfonamides is 1. The number of ether oxygens (including phenoxy) is 3. The number of nitrogens with zero attached hydrogens (tertiary/aromatic N) is 3. The molecule has 33 heavy (non-hydrogen) atoms. The molecule has 1 saturated heterocycles. The molecular weight excluding hydrogens is 449 g/mol. The van der Waals surface area contributed by atoms with E-state index in [0.29, 0.717) is 37.5 Å². The van der Waals surface area contributed by atoms with Gasteiger partial charge in [-0.05, 0) is 36.4 Å². The summed E-state index contributed by atoms with van der Waals surface area (Å²) in [5.41, 5.74) is 1.30. The van der Waals surface area contributed by atoms with E-state index in [-0.39, 0.29) is 17.3 Å². The maximum Gasteiger partial charge on any atom is 0.245 e. The summed E-state index contributed by atoms with van der Waals surface area (Å²) in [4.78, 5) is 4.34. The zero-order valence-electron chi connectivity index (χ0n) is 19.3. The van der Waals surface area contributed by atoms with E-state index in [2.05, 4.69) is 9.80 Å². The number of anilines is 1. The lowest BCUT2D eigenvalue weighted by molar-refractivity contribution is -0.278. The minimum atomic E-state index is -3.83. The summed E-state index contributed by atoms with van der Waals surface area (Å²) in [5, 5.41) is 0. The number of hydrogen-bond donors (Lipinski definition) is 0. The highest BCUT2D eigenvalue weighted by Gasteiger charge is 2.58. The van der Waals surface area contributed by atoms with Crippen LogP contribution in [0.4, 0.5) is 10.1 Å². The van der Waals surface area contributed by atoms with Crippen molar-refractivity contribution in [3.05, 3.63) is 53.8 Å². The zero-order chi connectivity index (χ0) is 23.8. The summed E-state index contributed by atoms with van der Waals surface area (Å²) < 4.78 is 59.7. The Kier molecular flexibility index (Phi) is 6.66. The van der Waals surface area contributed by atoms with Gasteiger partial charge in [-0.25, -0.2) is 12.8 Å². The summed E-state index contributed by atoms with van der Waals surface area (Å²) in [6, 6.07) is 11.3. The van der Waals surface area contributed by atoms with Crippen LogP contribution in [-0.4, -0.2) is 77.8 Å². The third-order valence-corrected chi connectivity index (χ3v) is 8.50. The van der Waals surface area contributed by atoms with Crippen LogP contribution in [0.5, 0.6) is 5.75 Å². The summed E-state index contributed by atoms with van der Waals surface area (Å²) in [7, 11) is 0.714. The van der Waals surface area contributed by atoms with Crippen molar-refractivity contribution in [1.82, 2.24) is 9.21 Å². The first-order valence-electron chi connectivity index (χ1n) is 10.9. The molecule has 0 radical (unpaired) electrons. The largest absolute Gasteiger partial charge is 0.496 e. The molecule has 0 aromatic heterocycles. The average Bonchev–Trinajstić information content (AvgIpc) is 2.84. The van der Waals surface area contributed by atoms with Crippen molar-refractivity contribution in [3.8, 4) is 5.75 Å². The molecule has 1 fully saturated rings. The molecule has 8 nitrogen and oxygen atoms in total. The fourth-order valence-corrected chi connectivity index (χ4v) is 6.84. The molecule has 0 saturated carbocycles. The van der Waals surface area contributed by atoms with Gasteiger partial charge in [0.1, 0.15) is 17.7 Å². The van der Waals surface area contributed by atoms with Gasteiger partial charge in [-0.3, -0.25) is 4.90 Å². The van der Waals surface area contributed by atoms with Gasteiger partial charge >= 0.3 is 0 Å². The first-order chi connectivity index (χ1) is 15.8. The fraction of sp³-hybridized carbons (Fsp3) is 0.478. The fourth-order valence-electron chi connectivity index (χ4n) is 4.96. The number of hydrogen-bond acceptors (Lipinski definition) is 7. The Morgan fingerprint density at radius 1 is 1.00 bits per heavy atom. The number of piperazine rings is 1. The van der Waals surface area contributed by atoms with Gasteiger partial charge in [0.15, 0.2) is 0 Å². The second-order valence-electron chi connectivity index (χ2n) is 7.99. The molecule has 180 valence electrons. The first kappa shape index (κ1) is 23.9. The molecule has 0 amide bonds. The number of halogens is 1. The lowest BCUT2D eigenvalue weighted by atomic mass is 9.98. The number of likely N-dealkylation sites (N-methyl/N-ethyl adjacent to an activating group) is 1. The van der Waals surface area contributed by atoms with Crippen molar-refractivity contribution in [2.75, 3.05) is 59.0 Å². The highest BCUT2D eigenvalue weighted by molar-refractivity contribution is 7.89. The highest BCUT2D eigenvalue weighted by Crippen LogP contribution is 2.48. The van der Waals surface area contributed by atoms with Crippen LogP contribution in [0, 0.1) is 5.82 Å². The first-order valence-corrected chi connectivity index (χ1v) is 12.3. The second-order valence-corrected chi connectivity index (χ2v) is 9.85. The maximum absolute atomic E-state index is 13.7. The van der Waals surface area contributed by atoms with E-state index in [1.807, 2.05) is 0 Å². The van der Waals surface area contributed by atoms with Crippen LogP contribution in [0.1, 0.15) is 12.5 Å². The molecular formula is C23H30FN3O5S. The Morgan fingerprint density at radius 2 is 1.64 bits per heavy atom. The van der Waals surface area contributed by atoms with Crippen LogP contribution < -0.4 is 9.64 Å². The smallest absolute Gasteiger partial charge is 0.245 e. The van der Waals surface area contributed by atoms with Crippen LogP contribution in [0.3, 0.4) is 0 Å². The average molecular weight is 480 g/mol. The second kappa shape index (κ2) is 9.19. The summed E-state index contributed by atoms with van der Waals surface area (Å²) in [6.45, 7) is 4.46. The molecule has 0 N–H and O–H groups in total. The van der Waals surface area contributed by atoms with Gasteiger partial charge in [0.05, 0.1) is 17.6 Å². The highest BCUT2D eigenvalue weighted by atomic mass is 32.2. The van der Waals surface area contributed by atoms with Crippen molar-refractivity contribution in [1.29, 1.82) is 0 Å². The molecule has 1 atom stereocenters. The van der Waals surface area contributed by atoms with Gasteiger partial charge < -0.3 is 19.1 Å². The normalized spacial score (nSPS) is 22.7. The van der Waals surface area contributed by atoms with Crippen molar-refractivity contribution < 1.29 is 27.0 Å². The van der Waals surface area contributed by atoms with E-state index < -0.39 is 22.0 Å². The molecule has 0 aliphatic carbocycles. The van der Waals surface area contributed by atoms with E-state index in [4.69, 9.17) is 14.2 Å². The van der Waals surface area contributed by atoms with E-state index in [0.717, 1.165) is 5.69 Å². The molecule has 2 aromatic rings. The zero-order valence-corrected chi connectivity index (χ0v) is 20.1. The molecule has 1 unspecified atom stereocenters. The standard InChI is InChI=1S/C23H30FN3O5S/c1-5-27-22(26-15-13-25(14-16-26)18-11-9-17(24)10-12-18)23(31-3,32-4)21-19(30-2)7-6-8-20(21)33(27,28)29/h6-12,22H,5,13-16H2,1-4H3. The lowest BCUT2D eigenvalue weighted by Crippen LogP contribution is -2.68. The van der Waals surface area contributed by atoms with Gasteiger partial charge in [-0.15, -0.1) is 0 Å². The van der Waals surface area contributed by atoms with Crippen LogP contribution in [0.25, 0.3) is 0 Å². The van der Waals surface area contributed by atoms with Gasteiger partial charge in [0.2, 0.25) is 15.8 Å². The molecule has 2 aliphatic heterocycles. The molecule has 0 bridgehead atoms. The van der Waals surface area contributed by atoms with Crippen molar-refractivity contribution in [2.24, 2.45) is 0 Å². The predicted octanol–water partition coefficient (Wildman–Crippen LogP) is 2.45. The minimum Gasteiger partial charge on any atom is -0.496 e. The van der Waals surface area contributed by atoms with Crippen molar-refractivity contribution >= 4 is 15.7 Å². The van der Waals surface area contributed by atoms with Gasteiger partial charge in [-0.2, -0.15) is 4.31 Å². The number of methoxy groups -OCH3 is 3. The third-order valence-electron chi connectivity index (χ3n) is 6.53.